The second-order valence-corrected chi connectivity index (χ2v) is 11.0. The standard InChI is InChI=1S/C27H39N3O4/c1-27(2,3)34-26(33)30-18-21-10-8-7-9-20(21)17-23(30)25(32)29-15-13-19(14-16-29)24(31)28-22-11-5-4-6-12-22/h7-10,19,22-23H,4-6,11-18H2,1-3H3,(H,28,31). The summed E-state index contributed by atoms with van der Waals surface area (Å²) in [6.45, 7) is 6.96. The molecule has 0 radical (unpaired) electrons. The van der Waals surface area contributed by atoms with Gasteiger partial charge in [0.2, 0.25) is 11.8 Å². The van der Waals surface area contributed by atoms with Gasteiger partial charge in [-0.15, -0.1) is 0 Å². The molecule has 186 valence electrons. The lowest BCUT2D eigenvalue weighted by atomic mass is 9.90. The zero-order valence-electron chi connectivity index (χ0n) is 20.8. The largest absolute Gasteiger partial charge is 0.444 e. The molecule has 1 aromatic carbocycles. The van der Waals surface area contributed by atoms with E-state index < -0.39 is 17.7 Å². The van der Waals surface area contributed by atoms with Gasteiger partial charge in [0, 0.05) is 31.5 Å². The minimum atomic E-state index is -0.633. The second kappa shape index (κ2) is 10.4. The summed E-state index contributed by atoms with van der Waals surface area (Å²) in [6, 6.07) is 7.69. The van der Waals surface area contributed by atoms with E-state index in [1.54, 1.807) is 4.90 Å². The molecule has 0 bridgehead atoms. The summed E-state index contributed by atoms with van der Waals surface area (Å²) < 4.78 is 5.64. The Morgan fingerprint density at radius 2 is 1.59 bits per heavy atom. The van der Waals surface area contributed by atoms with E-state index in [1.807, 2.05) is 49.9 Å². The van der Waals surface area contributed by atoms with Gasteiger partial charge in [0.1, 0.15) is 11.6 Å². The van der Waals surface area contributed by atoms with E-state index in [4.69, 9.17) is 4.74 Å². The van der Waals surface area contributed by atoms with Crippen molar-refractivity contribution in [2.24, 2.45) is 5.92 Å². The number of amides is 3. The average molecular weight is 470 g/mol. The van der Waals surface area contributed by atoms with Gasteiger partial charge >= 0.3 is 6.09 Å². The highest BCUT2D eigenvalue weighted by atomic mass is 16.6. The van der Waals surface area contributed by atoms with Gasteiger partial charge in [0.15, 0.2) is 0 Å². The van der Waals surface area contributed by atoms with Crippen molar-refractivity contribution in [3.8, 4) is 0 Å². The van der Waals surface area contributed by atoms with E-state index in [2.05, 4.69) is 5.32 Å². The van der Waals surface area contributed by atoms with Gasteiger partial charge in [-0.3, -0.25) is 14.5 Å². The van der Waals surface area contributed by atoms with Crippen LogP contribution in [0.25, 0.3) is 0 Å². The number of piperidine rings is 1. The summed E-state index contributed by atoms with van der Waals surface area (Å²) in [5, 5.41) is 3.24. The first-order chi connectivity index (χ1) is 16.2. The Bertz CT molecular complexity index is 895. The minimum absolute atomic E-state index is 0.0417. The van der Waals surface area contributed by atoms with Crippen LogP contribution in [0.3, 0.4) is 0 Å². The molecule has 2 heterocycles. The fourth-order valence-electron chi connectivity index (χ4n) is 5.39. The van der Waals surface area contributed by atoms with Crippen LogP contribution in [0, 0.1) is 5.92 Å². The number of hydrogen-bond donors (Lipinski definition) is 1. The number of likely N-dealkylation sites (tertiary alicyclic amines) is 1. The molecule has 3 aliphatic rings. The number of carbonyl (C=O) groups is 3. The third kappa shape index (κ3) is 5.91. The van der Waals surface area contributed by atoms with Gasteiger partial charge in [-0.05, 0) is 57.6 Å². The third-order valence-electron chi connectivity index (χ3n) is 7.29. The Hall–Kier alpha value is -2.57. The minimum Gasteiger partial charge on any atom is -0.444 e. The third-order valence-corrected chi connectivity index (χ3v) is 7.29. The van der Waals surface area contributed by atoms with Crippen molar-refractivity contribution < 1.29 is 19.1 Å². The van der Waals surface area contributed by atoms with Gasteiger partial charge < -0.3 is 15.0 Å². The van der Waals surface area contributed by atoms with E-state index in [1.165, 1.54) is 19.3 Å². The summed E-state index contributed by atoms with van der Waals surface area (Å²) in [6.07, 6.45) is 7.16. The van der Waals surface area contributed by atoms with Gasteiger partial charge in [0.05, 0.1) is 6.54 Å². The molecule has 1 saturated heterocycles. The van der Waals surface area contributed by atoms with E-state index in [0.29, 0.717) is 44.9 Å². The zero-order valence-corrected chi connectivity index (χ0v) is 20.8. The molecule has 1 N–H and O–H groups in total. The van der Waals surface area contributed by atoms with Crippen molar-refractivity contribution in [3.05, 3.63) is 35.4 Å². The Morgan fingerprint density at radius 1 is 0.941 bits per heavy atom. The van der Waals surface area contributed by atoms with Gasteiger partial charge in [-0.25, -0.2) is 4.79 Å². The summed E-state index contributed by atoms with van der Waals surface area (Å²) in [5.41, 5.74) is 1.52. The molecule has 4 rings (SSSR count). The monoisotopic (exact) mass is 469 g/mol. The van der Waals surface area contributed by atoms with Gasteiger partial charge in [0.25, 0.3) is 0 Å². The topological polar surface area (TPSA) is 79.0 Å². The number of fused-ring (bicyclic) bond motifs is 1. The molecule has 7 nitrogen and oxygen atoms in total. The maximum atomic E-state index is 13.6. The lowest BCUT2D eigenvalue weighted by Gasteiger charge is -2.40. The van der Waals surface area contributed by atoms with Crippen LogP contribution in [0.5, 0.6) is 0 Å². The fraction of sp³-hybridized carbons (Fsp3) is 0.667. The molecule has 1 atom stereocenters. The van der Waals surface area contributed by atoms with Crippen LogP contribution in [0.4, 0.5) is 4.79 Å². The first-order valence-corrected chi connectivity index (χ1v) is 12.9. The van der Waals surface area contributed by atoms with Crippen molar-refractivity contribution in [2.75, 3.05) is 13.1 Å². The maximum Gasteiger partial charge on any atom is 0.411 e. The molecule has 0 spiro atoms. The number of ether oxygens (including phenoxy) is 1. The van der Waals surface area contributed by atoms with Crippen LogP contribution in [0.1, 0.15) is 76.8 Å². The molecule has 2 aliphatic heterocycles. The highest BCUT2D eigenvalue weighted by Crippen LogP contribution is 2.28. The molecular formula is C27H39N3O4. The van der Waals surface area contributed by atoms with E-state index in [0.717, 1.165) is 24.0 Å². The highest BCUT2D eigenvalue weighted by Gasteiger charge is 2.40. The molecule has 1 unspecified atom stereocenters. The first kappa shape index (κ1) is 24.6. The van der Waals surface area contributed by atoms with Crippen LogP contribution >= 0.6 is 0 Å². The molecule has 1 saturated carbocycles. The molecule has 34 heavy (non-hydrogen) atoms. The van der Waals surface area contributed by atoms with E-state index in [9.17, 15) is 14.4 Å². The van der Waals surface area contributed by atoms with E-state index >= 15 is 0 Å². The van der Waals surface area contributed by atoms with Crippen LogP contribution < -0.4 is 5.32 Å². The fourth-order valence-corrected chi connectivity index (χ4v) is 5.39. The van der Waals surface area contributed by atoms with Crippen molar-refractivity contribution in [2.45, 2.75) is 96.4 Å². The molecule has 1 aliphatic carbocycles. The average Bonchev–Trinajstić information content (AvgIpc) is 2.82. The predicted octanol–water partition coefficient (Wildman–Crippen LogP) is 4.04. The van der Waals surface area contributed by atoms with Gasteiger partial charge in [-0.1, -0.05) is 43.5 Å². The second-order valence-electron chi connectivity index (χ2n) is 11.0. The smallest absolute Gasteiger partial charge is 0.411 e. The Labute approximate surface area is 203 Å². The van der Waals surface area contributed by atoms with Crippen LogP contribution in [-0.4, -0.2) is 58.5 Å². The Balaban J connectivity index is 1.40. The van der Waals surface area contributed by atoms with E-state index in [-0.39, 0.29) is 17.7 Å². The molecular weight excluding hydrogens is 430 g/mol. The molecule has 3 amide bonds. The summed E-state index contributed by atoms with van der Waals surface area (Å²) >= 11 is 0. The van der Waals surface area contributed by atoms with Crippen LogP contribution in [-0.2, 0) is 27.3 Å². The highest BCUT2D eigenvalue weighted by molar-refractivity contribution is 5.87. The van der Waals surface area contributed by atoms with Crippen molar-refractivity contribution in [1.29, 1.82) is 0 Å². The van der Waals surface area contributed by atoms with Crippen molar-refractivity contribution in [1.82, 2.24) is 15.1 Å². The Kier molecular flexibility index (Phi) is 7.48. The number of carbonyl (C=O) groups excluding carboxylic acids is 3. The summed E-state index contributed by atoms with van der Waals surface area (Å²) in [4.78, 5) is 42.8. The lowest BCUT2D eigenvalue weighted by Crippen LogP contribution is -2.56. The number of hydrogen-bond acceptors (Lipinski definition) is 4. The number of nitrogens with zero attached hydrogens (tertiary/aromatic N) is 2. The first-order valence-electron chi connectivity index (χ1n) is 12.9. The molecule has 1 aromatic rings. The molecule has 7 heteroatoms. The van der Waals surface area contributed by atoms with Crippen molar-refractivity contribution in [3.63, 3.8) is 0 Å². The van der Waals surface area contributed by atoms with Crippen LogP contribution in [0.15, 0.2) is 24.3 Å². The number of nitrogens with one attached hydrogen (secondary N) is 1. The SMILES string of the molecule is CC(C)(C)OC(=O)N1Cc2ccccc2CC1C(=O)N1CCC(C(=O)NC2CCCCC2)CC1. The lowest BCUT2D eigenvalue weighted by molar-refractivity contribution is -0.141. The maximum absolute atomic E-state index is 13.6. The molecule has 0 aromatic heterocycles. The summed E-state index contributed by atoms with van der Waals surface area (Å²) in [7, 11) is 0. The quantitative estimate of drug-likeness (QED) is 0.725. The number of benzene rings is 1. The van der Waals surface area contributed by atoms with Gasteiger partial charge in [-0.2, -0.15) is 0 Å². The Morgan fingerprint density at radius 3 is 2.24 bits per heavy atom. The number of rotatable bonds is 3. The van der Waals surface area contributed by atoms with Crippen molar-refractivity contribution >= 4 is 17.9 Å². The van der Waals surface area contributed by atoms with Crippen LogP contribution in [0.2, 0.25) is 0 Å². The molecule has 2 fully saturated rings. The normalized spacial score (nSPS) is 22.1. The predicted molar refractivity (Wildman–Crippen MR) is 130 cm³/mol. The zero-order chi connectivity index (χ0) is 24.3. The summed E-state index contributed by atoms with van der Waals surface area (Å²) in [5.74, 6) is 0.0486.